The number of hydrogen-bond donors (Lipinski definition) is 2. The zero-order valence-electron chi connectivity index (χ0n) is 17.3. The molecule has 0 spiro atoms. The fourth-order valence-corrected chi connectivity index (χ4v) is 7.07. The molecule has 0 saturated carbocycles. The van der Waals surface area contributed by atoms with Gasteiger partial charge >= 0.3 is 6.36 Å². The first-order chi connectivity index (χ1) is 14.9. The Balaban J connectivity index is 1.83. The zero-order valence-corrected chi connectivity index (χ0v) is 19.0. The molecule has 0 aromatic heterocycles. The molecular formula is C21H22F4N2O3S2. The number of ether oxygens (including phenoxy) is 1. The van der Waals surface area contributed by atoms with E-state index in [1.165, 1.54) is 18.2 Å². The van der Waals surface area contributed by atoms with E-state index in [1.807, 2.05) is 0 Å². The molecule has 2 heterocycles. The summed E-state index contributed by atoms with van der Waals surface area (Å²) in [5.41, 5.74) is 0.414. The Morgan fingerprint density at radius 3 is 2.41 bits per heavy atom. The molecule has 1 saturated heterocycles. The Hall–Kier alpha value is -1.82. The summed E-state index contributed by atoms with van der Waals surface area (Å²) in [7, 11) is -4.31. The molecule has 4 rings (SSSR count). The number of halogens is 4. The van der Waals surface area contributed by atoms with Crippen molar-refractivity contribution in [2.24, 2.45) is 0 Å². The van der Waals surface area contributed by atoms with Crippen molar-refractivity contribution >= 4 is 21.8 Å². The summed E-state index contributed by atoms with van der Waals surface area (Å²) in [5.74, 6) is -1.23. The average molecular weight is 491 g/mol. The number of sulfonamides is 1. The topological polar surface area (TPSA) is 67.4 Å². The normalized spacial score (nSPS) is 18.7. The molecule has 0 bridgehead atoms. The second kappa shape index (κ2) is 8.19. The molecule has 2 aromatic carbocycles. The summed E-state index contributed by atoms with van der Waals surface area (Å²) >= 11 is 1.12. The van der Waals surface area contributed by atoms with Crippen molar-refractivity contribution in [1.29, 1.82) is 0 Å². The summed E-state index contributed by atoms with van der Waals surface area (Å²) in [5, 5.41) is 3.10. The summed E-state index contributed by atoms with van der Waals surface area (Å²) in [6.45, 7) is 4.80. The molecule has 5 nitrogen and oxygen atoms in total. The van der Waals surface area contributed by atoms with Crippen LogP contribution in [0, 0.1) is 5.82 Å². The van der Waals surface area contributed by atoms with E-state index in [1.54, 1.807) is 19.9 Å². The van der Waals surface area contributed by atoms with Crippen molar-refractivity contribution in [3.63, 3.8) is 0 Å². The molecule has 174 valence electrons. The van der Waals surface area contributed by atoms with Crippen molar-refractivity contribution in [2.75, 3.05) is 13.1 Å². The van der Waals surface area contributed by atoms with Gasteiger partial charge in [-0.05, 0) is 61.3 Å². The molecule has 0 atom stereocenters. The van der Waals surface area contributed by atoms with Gasteiger partial charge in [0.2, 0.25) is 10.0 Å². The third kappa shape index (κ3) is 4.61. The van der Waals surface area contributed by atoms with Gasteiger partial charge in [0, 0.05) is 21.2 Å². The molecule has 11 heteroatoms. The lowest BCUT2D eigenvalue weighted by molar-refractivity contribution is -0.275. The SMILES string of the molecule is CC1(C)c2ccc(F)cc2Sc2cc(S(=O)(=O)NC3CCNCC3)c(OC(F)(F)F)cc21. The molecule has 0 amide bonds. The summed E-state index contributed by atoms with van der Waals surface area (Å²) in [6.07, 6.45) is -4.03. The lowest BCUT2D eigenvalue weighted by Gasteiger charge is -2.35. The van der Waals surface area contributed by atoms with Gasteiger partial charge < -0.3 is 10.1 Å². The predicted octanol–water partition coefficient (Wildman–Crippen LogP) is 4.55. The molecular weight excluding hydrogens is 468 g/mol. The van der Waals surface area contributed by atoms with Crippen molar-refractivity contribution in [2.45, 2.75) is 59.2 Å². The molecule has 2 aliphatic rings. The van der Waals surface area contributed by atoms with Crippen molar-refractivity contribution < 1.29 is 30.7 Å². The number of hydrogen-bond acceptors (Lipinski definition) is 5. The molecule has 0 unspecified atom stereocenters. The summed E-state index contributed by atoms with van der Waals surface area (Å²) in [4.78, 5) is 0.435. The largest absolute Gasteiger partial charge is 0.573 e. The molecule has 1 fully saturated rings. The standard InChI is InChI=1S/C21H22F4N2O3S2/c1-20(2)14-4-3-12(22)9-17(14)31-18-11-19(16(10-15(18)20)30-21(23,24)25)32(28,29)27-13-5-7-26-8-6-13/h3-4,9-11,13,26-27H,5-8H2,1-2H3. The maximum absolute atomic E-state index is 13.8. The van der Waals surface area contributed by atoms with Crippen LogP contribution in [0.1, 0.15) is 37.8 Å². The van der Waals surface area contributed by atoms with Crippen LogP contribution >= 0.6 is 11.8 Å². The average Bonchev–Trinajstić information content (AvgIpc) is 2.67. The third-order valence-electron chi connectivity index (χ3n) is 5.73. The van der Waals surface area contributed by atoms with Gasteiger partial charge in [-0.25, -0.2) is 17.5 Å². The van der Waals surface area contributed by atoms with Gasteiger partial charge in [-0.1, -0.05) is 31.7 Å². The van der Waals surface area contributed by atoms with Gasteiger partial charge in [-0.3, -0.25) is 0 Å². The molecule has 2 aliphatic heterocycles. The van der Waals surface area contributed by atoms with Crippen LogP contribution in [0.4, 0.5) is 17.6 Å². The maximum Gasteiger partial charge on any atom is 0.573 e. The van der Waals surface area contributed by atoms with E-state index >= 15 is 0 Å². The highest BCUT2D eigenvalue weighted by Crippen LogP contribution is 2.51. The lowest BCUT2D eigenvalue weighted by atomic mass is 9.77. The highest BCUT2D eigenvalue weighted by atomic mass is 32.2. The van der Waals surface area contributed by atoms with E-state index in [9.17, 15) is 26.0 Å². The molecule has 2 N–H and O–H groups in total. The minimum absolute atomic E-state index is 0.394. The van der Waals surface area contributed by atoms with Crippen LogP contribution in [0.25, 0.3) is 0 Å². The third-order valence-corrected chi connectivity index (χ3v) is 8.39. The van der Waals surface area contributed by atoms with E-state index in [0.29, 0.717) is 41.3 Å². The molecule has 0 aliphatic carbocycles. The first-order valence-electron chi connectivity index (χ1n) is 10.0. The number of nitrogens with one attached hydrogen (secondary N) is 2. The molecule has 32 heavy (non-hydrogen) atoms. The van der Waals surface area contributed by atoms with E-state index in [2.05, 4.69) is 14.8 Å². The van der Waals surface area contributed by atoms with Gasteiger partial charge in [-0.15, -0.1) is 13.2 Å². The summed E-state index contributed by atoms with van der Waals surface area (Å²) < 4.78 is 86.3. The lowest BCUT2D eigenvalue weighted by Crippen LogP contribution is -2.42. The smallest absolute Gasteiger partial charge is 0.404 e. The number of piperidine rings is 1. The van der Waals surface area contributed by atoms with Crippen LogP contribution < -0.4 is 14.8 Å². The summed E-state index contributed by atoms with van der Waals surface area (Å²) in [6, 6.07) is 6.16. The Morgan fingerprint density at radius 1 is 1.09 bits per heavy atom. The van der Waals surface area contributed by atoms with Gasteiger partial charge in [0.25, 0.3) is 0 Å². The van der Waals surface area contributed by atoms with Crippen LogP contribution in [0.5, 0.6) is 5.75 Å². The van der Waals surface area contributed by atoms with Crippen molar-refractivity contribution in [1.82, 2.24) is 10.0 Å². The Kier molecular flexibility index (Phi) is 5.98. The van der Waals surface area contributed by atoms with Crippen LogP contribution in [-0.2, 0) is 15.4 Å². The molecule has 0 radical (unpaired) electrons. The number of rotatable bonds is 4. The van der Waals surface area contributed by atoms with Crippen molar-refractivity contribution in [3.8, 4) is 5.75 Å². The quantitative estimate of drug-likeness (QED) is 0.616. The minimum atomic E-state index is -5.07. The van der Waals surface area contributed by atoms with Crippen LogP contribution in [-0.4, -0.2) is 33.9 Å². The first kappa shape index (κ1) is 23.3. The van der Waals surface area contributed by atoms with Crippen molar-refractivity contribution in [3.05, 3.63) is 47.3 Å². The van der Waals surface area contributed by atoms with Gasteiger partial charge in [0.15, 0.2) is 0 Å². The monoisotopic (exact) mass is 490 g/mol. The van der Waals surface area contributed by atoms with Gasteiger partial charge in [0.05, 0.1) is 0 Å². The maximum atomic E-state index is 13.8. The number of alkyl halides is 3. The molecule has 2 aromatic rings. The Labute approximate surface area is 188 Å². The highest BCUT2D eigenvalue weighted by Gasteiger charge is 2.39. The Bertz CT molecular complexity index is 1140. The fourth-order valence-electron chi connectivity index (χ4n) is 4.11. The van der Waals surface area contributed by atoms with Crippen LogP contribution in [0.15, 0.2) is 45.0 Å². The van der Waals surface area contributed by atoms with E-state index in [0.717, 1.165) is 23.4 Å². The highest BCUT2D eigenvalue weighted by molar-refractivity contribution is 7.99. The fraction of sp³-hybridized carbons (Fsp3) is 0.429. The van der Waals surface area contributed by atoms with Crippen LogP contribution in [0.3, 0.4) is 0 Å². The van der Waals surface area contributed by atoms with Crippen LogP contribution in [0.2, 0.25) is 0 Å². The second-order valence-electron chi connectivity index (χ2n) is 8.36. The van der Waals surface area contributed by atoms with E-state index in [-0.39, 0.29) is 0 Å². The Morgan fingerprint density at radius 2 is 1.75 bits per heavy atom. The number of benzene rings is 2. The predicted molar refractivity (Wildman–Crippen MR) is 112 cm³/mol. The van der Waals surface area contributed by atoms with E-state index < -0.39 is 44.3 Å². The van der Waals surface area contributed by atoms with E-state index in [4.69, 9.17) is 0 Å². The second-order valence-corrected chi connectivity index (χ2v) is 11.1. The zero-order chi connectivity index (χ0) is 23.3. The van der Waals surface area contributed by atoms with Gasteiger partial charge in [0.1, 0.15) is 16.5 Å². The minimum Gasteiger partial charge on any atom is -0.404 e. The number of fused-ring (bicyclic) bond motifs is 2. The first-order valence-corrected chi connectivity index (χ1v) is 12.3. The van der Waals surface area contributed by atoms with Gasteiger partial charge in [-0.2, -0.15) is 0 Å².